The summed E-state index contributed by atoms with van der Waals surface area (Å²) in [6, 6.07) is 8.06. The molecule has 3 aromatic rings. The summed E-state index contributed by atoms with van der Waals surface area (Å²) in [5.41, 5.74) is 1.30. The first-order valence-corrected chi connectivity index (χ1v) is 9.27. The predicted molar refractivity (Wildman–Crippen MR) is 108 cm³/mol. The van der Waals surface area contributed by atoms with E-state index in [0.717, 1.165) is 0 Å². The van der Waals surface area contributed by atoms with E-state index in [-0.39, 0.29) is 17.4 Å². The molecule has 0 fully saturated rings. The molecule has 2 aromatic heterocycles. The van der Waals surface area contributed by atoms with Gasteiger partial charge in [0.1, 0.15) is 5.82 Å². The summed E-state index contributed by atoms with van der Waals surface area (Å²) >= 11 is 0. The van der Waals surface area contributed by atoms with Crippen molar-refractivity contribution < 1.29 is 14.3 Å². The van der Waals surface area contributed by atoms with Gasteiger partial charge < -0.3 is 14.8 Å². The Morgan fingerprint density at radius 3 is 2.48 bits per heavy atom. The molecular weight excluding hydrogens is 374 g/mol. The lowest BCUT2D eigenvalue weighted by Gasteiger charge is -2.13. The molecule has 0 aliphatic heterocycles. The molecule has 29 heavy (non-hydrogen) atoms. The maximum Gasteiger partial charge on any atom is 0.256 e. The zero-order valence-corrected chi connectivity index (χ0v) is 16.8. The second-order valence-electron chi connectivity index (χ2n) is 6.27. The van der Waals surface area contributed by atoms with Crippen molar-refractivity contribution in [1.29, 1.82) is 0 Å². The molecule has 0 aliphatic rings. The number of carbonyl (C=O) groups excluding carboxylic acids is 1. The highest BCUT2D eigenvalue weighted by atomic mass is 16.5. The first-order chi connectivity index (χ1) is 13.9. The van der Waals surface area contributed by atoms with E-state index in [2.05, 4.69) is 20.4 Å². The van der Waals surface area contributed by atoms with Crippen molar-refractivity contribution in [2.24, 2.45) is 0 Å². The van der Waals surface area contributed by atoms with Gasteiger partial charge in [-0.1, -0.05) is 0 Å². The van der Waals surface area contributed by atoms with E-state index in [0.29, 0.717) is 47.5 Å². The summed E-state index contributed by atoms with van der Waals surface area (Å²) in [5.74, 6) is 1.32. The zero-order valence-electron chi connectivity index (χ0n) is 16.8. The summed E-state index contributed by atoms with van der Waals surface area (Å²) in [4.78, 5) is 31.5. The molecule has 0 aliphatic carbocycles. The van der Waals surface area contributed by atoms with E-state index in [1.54, 1.807) is 38.1 Å². The fourth-order valence-electron chi connectivity index (χ4n) is 2.79. The second kappa shape index (κ2) is 8.59. The number of aromatic nitrogens is 4. The van der Waals surface area contributed by atoms with Gasteiger partial charge in [-0.15, -0.1) is 0 Å². The smallest absolute Gasteiger partial charge is 0.256 e. The van der Waals surface area contributed by atoms with Crippen LogP contribution in [0.15, 0.2) is 35.1 Å². The minimum absolute atomic E-state index is 0.222. The van der Waals surface area contributed by atoms with Crippen LogP contribution in [0.2, 0.25) is 0 Å². The lowest BCUT2D eigenvalue weighted by atomic mass is 10.2. The topological polar surface area (TPSA) is 111 Å². The average molecular weight is 397 g/mol. The first kappa shape index (κ1) is 20.1. The third kappa shape index (κ3) is 4.63. The van der Waals surface area contributed by atoms with E-state index in [1.165, 1.54) is 10.7 Å². The van der Waals surface area contributed by atoms with Gasteiger partial charge in [-0.3, -0.25) is 14.6 Å². The van der Waals surface area contributed by atoms with E-state index >= 15 is 0 Å². The molecule has 0 saturated heterocycles. The van der Waals surface area contributed by atoms with Crippen LogP contribution in [-0.4, -0.2) is 38.9 Å². The van der Waals surface area contributed by atoms with Crippen LogP contribution in [0.5, 0.6) is 11.5 Å². The number of benzene rings is 1. The minimum Gasteiger partial charge on any atom is -0.490 e. The molecular formula is C20H23N5O4. The standard InChI is InChI=1S/C20H23N5O4/c1-5-28-15-8-7-14(11-16(15)29-6-2)19(27)22-17-9-13(4)24-25(17)20-21-12(3)10-18(26)23-20/h7-11H,5-6H2,1-4H3,(H,22,27)(H,21,23,26). The fraction of sp³-hybridized carbons (Fsp3) is 0.300. The highest BCUT2D eigenvalue weighted by Crippen LogP contribution is 2.29. The number of rotatable bonds is 7. The van der Waals surface area contributed by atoms with Crippen LogP contribution in [0.25, 0.3) is 5.95 Å². The Balaban J connectivity index is 1.92. The SMILES string of the molecule is CCOc1ccc(C(=O)Nc2cc(C)nn2-c2nc(C)cc(=O)[nH]2)cc1OCC. The number of nitrogens with one attached hydrogen (secondary N) is 2. The lowest BCUT2D eigenvalue weighted by Crippen LogP contribution is -2.19. The van der Waals surface area contributed by atoms with Gasteiger partial charge in [0.2, 0.25) is 5.95 Å². The third-order valence-electron chi connectivity index (χ3n) is 3.94. The van der Waals surface area contributed by atoms with E-state index in [1.807, 2.05) is 13.8 Å². The fourth-order valence-corrected chi connectivity index (χ4v) is 2.79. The quantitative estimate of drug-likeness (QED) is 0.634. The monoisotopic (exact) mass is 397 g/mol. The summed E-state index contributed by atoms with van der Waals surface area (Å²) < 4.78 is 12.5. The summed E-state index contributed by atoms with van der Waals surface area (Å²) in [5, 5.41) is 7.13. The second-order valence-corrected chi connectivity index (χ2v) is 6.27. The summed E-state index contributed by atoms with van der Waals surface area (Å²) in [7, 11) is 0. The molecule has 0 radical (unpaired) electrons. The van der Waals surface area contributed by atoms with Crippen molar-refractivity contribution in [1.82, 2.24) is 19.7 Å². The molecule has 9 nitrogen and oxygen atoms in total. The molecule has 1 amide bonds. The summed E-state index contributed by atoms with van der Waals surface area (Å²) in [6.45, 7) is 8.17. The van der Waals surface area contributed by atoms with Gasteiger partial charge in [0.05, 0.1) is 18.9 Å². The molecule has 152 valence electrons. The van der Waals surface area contributed by atoms with Crippen LogP contribution in [0.1, 0.15) is 35.6 Å². The molecule has 2 N–H and O–H groups in total. The van der Waals surface area contributed by atoms with Crippen molar-refractivity contribution in [2.45, 2.75) is 27.7 Å². The molecule has 0 atom stereocenters. The van der Waals surface area contributed by atoms with E-state index in [9.17, 15) is 9.59 Å². The Bertz CT molecular complexity index is 1090. The number of H-pyrrole nitrogens is 1. The van der Waals surface area contributed by atoms with Crippen LogP contribution in [-0.2, 0) is 0 Å². The Kier molecular flexibility index (Phi) is 5.96. The highest BCUT2D eigenvalue weighted by molar-refractivity contribution is 6.04. The van der Waals surface area contributed by atoms with Gasteiger partial charge in [-0.25, -0.2) is 4.98 Å². The van der Waals surface area contributed by atoms with Crippen LogP contribution < -0.4 is 20.3 Å². The number of amides is 1. The van der Waals surface area contributed by atoms with Crippen molar-refractivity contribution in [2.75, 3.05) is 18.5 Å². The number of aryl methyl sites for hydroxylation is 2. The summed E-state index contributed by atoms with van der Waals surface area (Å²) in [6.07, 6.45) is 0. The van der Waals surface area contributed by atoms with Crippen LogP contribution in [0.4, 0.5) is 5.82 Å². The van der Waals surface area contributed by atoms with Crippen LogP contribution in [0.3, 0.4) is 0 Å². The number of nitrogens with zero attached hydrogens (tertiary/aromatic N) is 3. The van der Waals surface area contributed by atoms with Gasteiger partial charge in [-0.2, -0.15) is 9.78 Å². The van der Waals surface area contributed by atoms with Crippen molar-refractivity contribution in [3.63, 3.8) is 0 Å². The maximum atomic E-state index is 12.8. The number of ether oxygens (including phenoxy) is 2. The molecule has 0 bridgehead atoms. The normalized spacial score (nSPS) is 10.6. The molecule has 0 unspecified atom stereocenters. The van der Waals surface area contributed by atoms with Gasteiger partial charge >= 0.3 is 0 Å². The molecule has 0 spiro atoms. The third-order valence-corrected chi connectivity index (χ3v) is 3.94. The lowest BCUT2D eigenvalue weighted by molar-refractivity contribution is 0.102. The maximum absolute atomic E-state index is 12.8. The van der Waals surface area contributed by atoms with Crippen molar-refractivity contribution in [3.8, 4) is 17.4 Å². The van der Waals surface area contributed by atoms with Crippen molar-refractivity contribution >= 4 is 11.7 Å². The van der Waals surface area contributed by atoms with Crippen molar-refractivity contribution in [3.05, 3.63) is 57.6 Å². The van der Waals surface area contributed by atoms with Gasteiger partial charge in [0, 0.05) is 23.4 Å². The number of hydrogen-bond acceptors (Lipinski definition) is 6. The molecule has 0 saturated carbocycles. The van der Waals surface area contributed by atoms with Gasteiger partial charge in [-0.05, 0) is 45.9 Å². The van der Waals surface area contributed by atoms with Crippen LogP contribution >= 0.6 is 0 Å². The number of anilines is 1. The Morgan fingerprint density at radius 1 is 1.07 bits per heavy atom. The molecule has 9 heteroatoms. The Morgan fingerprint density at radius 2 is 1.79 bits per heavy atom. The van der Waals surface area contributed by atoms with Gasteiger partial charge in [0.15, 0.2) is 11.5 Å². The van der Waals surface area contributed by atoms with Gasteiger partial charge in [0.25, 0.3) is 11.5 Å². The van der Waals surface area contributed by atoms with Crippen LogP contribution in [0, 0.1) is 13.8 Å². The zero-order chi connectivity index (χ0) is 21.0. The number of carbonyl (C=O) groups is 1. The minimum atomic E-state index is -0.356. The highest BCUT2D eigenvalue weighted by Gasteiger charge is 2.16. The Hall–Kier alpha value is -3.62. The number of hydrogen-bond donors (Lipinski definition) is 2. The number of aromatic amines is 1. The van der Waals surface area contributed by atoms with E-state index < -0.39 is 0 Å². The first-order valence-electron chi connectivity index (χ1n) is 9.27. The largest absolute Gasteiger partial charge is 0.490 e. The molecule has 1 aromatic carbocycles. The average Bonchev–Trinajstić information content (AvgIpc) is 3.03. The molecule has 3 rings (SSSR count). The molecule has 2 heterocycles. The Labute approximate surface area is 167 Å². The van der Waals surface area contributed by atoms with E-state index in [4.69, 9.17) is 9.47 Å². The predicted octanol–water partition coefficient (Wildman–Crippen LogP) is 2.62.